The van der Waals surface area contributed by atoms with Crippen LogP contribution in [-0.2, 0) is 19.1 Å². The molecule has 2 N–H and O–H groups in total. The fourth-order valence-electron chi connectivity index (χ4n) is 9.03. The van der Waals surface area contributed by atoms with E-state index in [9.17, 15) is 28.8 Å². The molecule has 6 rings (SSSR count). The van der Waals surface area contributed by atoms with E-state index in [1.54, 1.807) is 31.3 Å². The maximum atomic E-state index is 14.0. The molecule has 0 spiro atoms. The number of nitrogens with one attached hydrogen (secondary N) is 2. The zero-order valence-electron chi connectivity index (χ0n) is 39.7. The maximum Gasteiger partial charge on any atom is 0.407 e. The summed E-state index contributed by atoms with van der Waals surface area (Å²) in [5, 5.41) is 5.39. The lowest BCUT2D eigenvalue weighted by Gasteiger charge is -2.30. The van der Waals surface area contributed by atoms with Gasteiger partial charge in [-0.2, -0.15) is 0 Å². The highest BCUT2D eigenvalue weighted by Gasteiger charge is 2.41. The van der Waals surface area contributed by atoms with Crippen LogP contribution in [0.15, 0.2) is 60.9 Å². The molecule has 0 bridgehead atoms. The number of aromatic nitrogens is 4. The first kappa shape index (κ1) is 49.1. The van der Waals surface area contributed by atoms with Crippen molar-refractivity contribution in [3.8, 4) is 33.6 Å². The Balaban J connectivity index is 1.28. The molecule has 2 aromatic carbocycles. The Labute approximate surface area is 387 Å². The van der Waals surface area contributed by atoms with E-state index in [1.807, 2.05) is 90.1 Å². The van der Waals surface area contributed by atoms with Gasteiger partial charge in [0.25, 0.3) is 0 Å². The van der Waals surface area contributed by atoms with Crippen LogP contribution in [0.4, 0.5) is 9.59 Å². The predicted octanol–water partition coefficient (Wildman–Crippen LogP) is 8.83. The third-order valence-corrected chi connectivity index (χ3v) is 12.7. The van der Waals surface area contributed by atoms with Gasteiger partial charge >= 0.3 is 12.2 Å². The van der Waals surface area contributed by atoms with E-state index in [1.165, 1.54) is 14.2 Å². The number of imidazole rings is 2. The Morgan fingerprint density at radius 2 is 0.939 bits per heavy atom. The van der Waals surface area contributed by atoms with Crippen LogP contribution in [-0.4, -0.2) is 104 Å². The molecule has 2 aliphatic rings. The first-order valence-electron chi connectivity index (χ1n) is 23.5. The summed E-state index contributed by atoms with van der Waals surface area (Å²) in [6.07, 6.45) is 8.53. The fourth-order valence-corrected chi connectivity index (χ4v) is 9.03. The molecular weight excluding hydrogens is 841 g/mol. The van der Waals surface area contributed by atoms with Gasteiger partial charge in [-0.3, -0.25) is 28.3 Å². The number of methoxy groups -OCH3 is 2. The molecule has 2 aromatic heterocycles. The van der Waals surface area contributed by atoms with Gasteiger partial charge in [-0.1, -0.05) is 103 Å². The van der Waals surface area contributed by atoms with E-state index in [0.717, 1.165) is 47.9 Å². The van der Waals surface area contributed by atoms with Crippen LogP contribution in [0.25, 0.3) is 33.6 Å². The standard InChI is InChI=1S/C50H66N8O8/c1-9-11-17-41(59)57-39(29-51-45(57)37-15-13-27-55(37)47(61)43(31(3)4)53-49(63)65-7)35-23-19-33(20-24-35)34-21-25-36(26-22-34)40-30-52-46(58(40)42(60)18-12-10-2)38-16-14-28-56(38)48(62)44(32(5)6)54-50(64)66-8/h19-26,29-32,37-38,43-44H,9-18,27-28H2,1-8H3,(H,53,63)(H,54,64)/t37-,38-,43+,44+/m1/s1. The van der Waals surface area contributed by atoms with Crippen molar-refractivity contribution in [2.24, 2.45) is 11.8 Å². The van der Waals surface area contributed by atoms with Gasteiger partial charge in [-0.05, 0) is 61.5 Å². The molecule has 16 heteroatoms. The number of carbonyl (C=O) groups excluding carboxylic acids is 6. The first-order chi connectivity index (χ1) is 31.7. The van der Waals surface area contributed by atoms with Crippen LogP contribution < -0.4 is 10.6 Å². The van der Waals surface area contributed by atoms with Crippen molar-refractivity contribution in [3.05, 3.63) is 72.6 Å². The molecule has 66 heavy (non-hydrogen) atoms. The summed E-state index contributed by atoms with van der Waals surface area (Å²) in [5.41, 5.74) is 4.74. The summed E-state index contributed by atoms with van der Waals surface area (Å²) in [5.74, 6) is -0.0343. The van der Waals surface area contributed by atoms with Gasteiger partial charge in [0.1, 0.15) is 23.7 Å². The van der Waals surface area contributed by atoms with Gasteiger partial charge in [0.2, 0.25) is 23.6 Å². The second-order valence-electron chi connectivity index (χ2n) is 17.9. The number of likely N-dealkylation sites (tertiary alicyclic amines) is 2. The fraction of sp³-hybridized carbons (Fsp3) is 0.520. The van der Waals surface area contributed by atoms with Crippen LogP contribution >= 0.6 is 0 Å². The summed E-state index contributed by atoms with van der Waals surface area (Å²) in [4.78, 5) is 93.4. The molecule has 0 radical (unpaired) electrons. The number of ether oxygens (including phenoxy) is 2. The van der Waals surface area contributed by atoms with E-state index in [-0.39, 0.29) is 35.5 Å². The number of rotatable bonds is 17. The highest BCUT2D eigenvalue weighted by molar-refractivity contribution is 5.89. The highest BCUT2D eigenvalue weighted by atomic mass is 16.5. The number of amides is 4. The minimum Gasteiger partial charge on any atom is -0.453 e. The molecule has 4 atom stereocenters. The van der Waals surface area contributed by atoms with Crippen LogP contribution in [0.5, 0.6) is 0 Å². The number of alkyl carbamates (subject to hydrolysis) is 2. The van der Waals surface area contributed by atoms with Crippen molar-refractivity contribution in [1.29, 1.82) is 0 Å². The van der Waals surface area contributed by atoms with E-state index in [2.05, 4.69) is 10.6 Å². The number of hydrogen-bond acceptors (Lipinski definition) is 10. The summed E-state index contributed by atoms with van der Waals surface area (Å²) in [6.45, 7) is 12.5. The lowest BCUT2D eigenvalue weighted by Crippen LogP contribution is -2.51. The van der Waals surface area contributed by atoms with E-state index < -0.39 is 36.4 Å². The molecule has 4 amide bonds. The van der Waals surface area contributed by atoms with Gasteiger partial charge in [-0.25, -0.2) is 19.6 Å². The second kappa shape index (κ2) is 22.2. The van der Waals surface area contributed by atoms with Crippen molar-refractivity contribution in [3.63, 3.8) is 0 Å². The Morgan fingerprint density at radius 3 is 1.26 bits per heavy atom. The van der Waals surface area contributed by atoms with Gasteiger partial charge < -0.3 is 29.9 Å². The van der Waals surface area contributed by atoms with Crippen LogP contribution in [0.3, 0.4) is 0 Å². The number of benzene rings is 2. The molecule has 4 heterocycles. The van der Waals surface area contributed by atoms with Crippen molar-refractivity contribution in [1.82, 2.24) is 39.5 Å². The van der Waals surface area contributed by atoms with Crippen molar-refractivity contribution < 1.29 is 38.2 Å². The van der Waals surface area contributed by atoms with Crippen molar-refractivity contribution in [2.75, 3.05) is 27.3 Å². The number of unbranched alkanes of at least 4 members (excludes halogenated alkanes) is 2. The zero-order valence-corrected chi connectivity index (χ0v) is 39.7. The Kier molecular flexibility index (Phi) is 16.6. The number of hydrogen-bond donors (Lipinski definition) is 2. The monoisotopic (exact) mass is 907 g/mol. The van der Waals surface area contributed by atoms with Crippen molar-refractivity contribution >= 4 is 35.8 Å². The quantitative estimate of drug-likeness (QED) is 0.104. The third kappa shape index (κ3) is 10.7. The van der Waals surface area contributed by atoms with Crippen LogP contribution in [0, 0.1) is 11.8 Å². The maximum absolute atomic E-state index is 14.0. The molecule has 2 aliphatic heterocycles. The average Bonchev–Trinajstić information content (AvgIpc) is 4.16. The van der Waals surface area contributed by atoms with E-state index >= 15 is 0 Å². The average molecular weight is 907 g/mol. The lowest BCUT2D eigenvalue weighted by atomic mass is 10.0. The smallest absolute Gasteiger partial charge is 0.407 e. The molecule has 2 fully saturated rings. The molecular formula is C50H66N8O8. The van der Waals surface area contributed by atoms with Gasteiger partial charge in [0, 0.05) is 37.1 Å². The van der Waals surface area contributed by atoms with Crippen LogP contribution in [0.2, 0.25) is 0 Å². The summed E-state index contributed by atoms with van der Waals surface area (Å²) in [6, 6.07) is 13.4. The molecule has 16 nitrogen and oxygen atoms in total. The highest BCUT2D eigenvalue weighted by Crippen LogP contribution is 2.38. The van der Waals surface area contributed by atoms with Crippen molar-refractivity contribution in [2.45, 2.75) is 130 Å². The SMILES string of the molecule is CCCCC(=O)n1c(-c2ccc(-c3ccc(-c4cnc([C@H]5CCCN5C(=O)[C@@H](NC(=O)OC)C(C)C)n4C(=O)CCCC)cc3)cc2)cnc1[C@H]1CCCN1C(=O)[C@@H](NC(=O)OC)C(C)C. The zero-order chi connectivity index (χ0) is 47.7. The number of carbonyl (C=O) groups is 6. The minimum atomic E-state index is -0.798. The van der Waals surface area contributed by atoms with Gasteiger partial charge in [-0.15, -0.1) is 0 Å². The largest absolute Gasteiger partial charge is 0.453 e. The van der Waals surface area contributed by atoms with Crippen LogP contribution in [0.1, 0.15) is 139 Å². The number of nitrogens with zero attached hydrogens (tertiary/aromatic N) is 6. The molecule has 2 saturated heterocycles. The minimum absolute atomic E-state index is 0.0930. The van der Waals surface area contributed by atoms with Gasteiger partial charge in [0.05, 0.1) is 50.1 Å². The lowest BCUT2D eigenvalue weighted by molar-refractivity contribution is -0.136. The molecule has 4 aromatic rings. The first-order valence-corrected chi connectivity index (χ1v) is 23.5. The molecule has 0 unspecified atom stereocenters. The normalized spacial score (nSPS) is 16.9. The third-order valence-electron chi connectivity index (χ3n) is 12.7. The Hall–Kier alpha value is -6.32. The molecule has 0 saturated carbocycles. The van der Waals surface area contributed by atoms with E-state index in [4.69, 9.17) is 19.4 Å². The summed E-state index contributed by atoms with van der Waals surface area (Å²) < 4.78 is 13.0. The van der Waals surface area contributed by atoms with E-state index in [0.29, 0.717) is 74.7 Å². The second-order valence-corrected chi connectivity index (χ2v) is 17.9. The Morgan fingerprint density at radius 1 is 0.591 bits per heavy atom. The van der Waals surface area contributed by atoms with Gasteiger partial charge in [0.15, 0.2) is 0 Å². The molecule has 354 valence electrons. The molecule has 0 aliphatic carbocycles. The Bertz CT molecular complexity index is 2190. The summed E-state index contributed by atoms with van der Waals surface area (Å²) in [7, 11) is 2.53. The summed E-state index contributed by atoms with van der Waals surface area (Å²) >= 11 is 0. The topological polar surface area (TPSA) is 187 Å². The predicted molar refractivity (Wildman–Crippen MR) is 250 cm³/mol.